The molecule has 0 spiro atoms. The van der Waals surface area contributed by atoms with E-state index >= 15 is 0 Å². The van der Waals surface area contributed by atoms with E-state index in [1.807, 2.05) is 0 Å². The number of nitrogens with zero attached hydrogens (tertiary/aromatic N) is 1. The maximum atomic E-state index is 13.9. The number of likely N-dealkylation sites (tertiary alicyclic amines) is 1. The van der Waals surface area contributed by atoms with Gasteiger partial charge in [0, 0.05) is 30.5 Å². The molecule has 3 rings (SSSR count). The molecule has 1 aliphatic heterocycles. The molecule has 1 amide bonds. The highest BCUT2D eigenvalue weighted by molar-refractivity contribution is 5.80. The first-order chi connectivity index (χ1) is 10.1. The molecule has 0 bridgehead atoms. The Labute approximate surface area is 120 Å². The Balaban J connectivity index is 1.72. The van der Waals surface area contributed by atoms with Gasteiger partial charge < -0.3 is 14.6 Å². The first-order valence-corrected chi connectivity index (χ1v) is 6.87. The van der Waals surface area contributed by atoms with Gasteiger partial charge in [0.2, 0.25) is 11.5 Å². The minimum atomic E-state index is -0.484. The first kappa shape index (κ1) is 13.6. The van der Waals surface area contributed by atoms with Crippen molar-refractivity contribution in [3.63, 3.8) is 0 Å². The molecule has 21 heavy (non-hydrogen) atoms. The molecule has 0 atom stereocenters. The molecule has 1 aliphatic rings. The van der Waals surface area contributed by atoms with Crippen molar-refractivity contribution in [1.82, 2.24) is 9.88 Å². The lowest BCUT2D eigenvalue weighted by Gasteiger charge is -2.16. The summed E-state index contributed by atoms with van der Waals surface area (Å²) in [5, 5.41) is 0.606. The Kier molecular flexibility index (Phi) is 3.60. The van der Waals surface area contributed by atoms with Gasteiger partial charge in [-0.2, -0.15) is 0 Å². The second-order valence-corrected chi connectivity index (χ2v) is 5.03. The standard InChI is InChI=1S/C15H15FN2O3/c16-11-8-10-3-4-14(19)17-12(10)9-13(11)21-7-6-18-5-1-2-15(18)20/h3-4,8-9H,1-2,5-7H2,(H,17,19). The first-order valence-electron chi connectivity index (χ1n) is 6.87. The fourth-order valence-electron chi connectivity index (χ4n) is 2.47. The van der Waals surface area contributed by atoms with Crippen LogP contribution in [0, 0.1) is 5.82 Å². The largest absolute Gasteiger partial charge is 0.489 e. The molecule has 110 valence electrons. The molecule has 1 fully saturated rings. The van der Waals surface area contributed by atoms with Crippen molar-refractivity contribution in [3.05, 3.63) is 40.4 Å². The van der Waals surface area contributed by atoms with Crippen molar-refractivity contribution in [2.24, 2.45) is 0 Å². The third-order valence-corrected chi connectivity index (χ3v) is 3.57. The minimum Gasteiger partial charge on any atom is -0.489 e. The van der Waals surface area contributed by atoms with Crippen molar-refractivity contribution >= 4 is 16.8 Å². The summed E-state index contributed by atoms with van der Waals surface area (Å²) in [5.74, 6) is -0.291. The van der Waals surface area contributed by atoms with E-state index in [1.54, 1.807) is 11.0 Å². The summed E-state index contributed by atoms with van der Waals surface area (Å²) in [4.78, 5) is 27.1. The Hall–Kier alpha value is -2.37. The third kappa shape index (κ3) is 2.89. The van der Waals surface area contributed by atoms with E-state index in [0.717, 1.165) is 13.0 Å². The van der Waals surface area contributed by atoms with Crippen molar-refractivity contribution < 1.29 is 13.9 Å². The van der Waals surface area contributed by atoms with Crippen LogP contribution in [-0.4, -0.2) is 35.5 Å². The second-order valence-electron chi connectivity index (χ2n) is 5.03. The summed E-state index contributed by atoms with van der Waals surface area (Å²) < 4.78 is 19.3. The molecule has 0 aliphatic carbocycles. The number of pyridine rings is 1. The minimum absolute atomic E-state index is 0.0796. The van der Waals surface area contributed by atoms with E-state index in [-0.39, 0.29) is 23.8 Å². The maximum absolute atomic E-state index is 13.9. The van der Waals surface area contributed by atoms with Gasteiger partial charge in [-0.15, -0.1) is 0 Å². The SMILES string of the molecule is O=C1CCCN1CCOc1cc2[nH]c(=O)ccc2cc1F. The number of carbonyl (C=O) groups is 1. The molecule has 5 nitrogen and oxygen atoms in total. The molecule has 1 N–H and O–H groups in total. The quantitative estimate of drug-likeness (QED) is 0.931. The van der Waals surface area contributed by atoms with E-state index < -0.39 is 5.82 Å². The molecule has 0 saturated carbocycles. The molecule has 2 heterocycles. The average molecular weight is 290 g/mol. The second kappa shape index (κ2) is 5.55. The van der Waals surface area contributed by atoms with Gasteiger partial charge in [-0.3, -0.25) is 9.59 Å². The predicted octanol–water partition coefficient (Wildman–Crippen LogP) is 1.67. The molecular formula is C15H15FN2O3. The molecule has 1 aromatic carbocycles. The van der Waals surface area contributed by atoms with Crippen LogP contribution in [0.2, 0.25) is 0 Å². The zero-order chi connectivity index (χ0) is 14.8. The molecule has 0 unspecified atom stereocenters. The van der Waals surface area contributed by atoms with Gasteiger partial charge in [-0.1, -0.05) is 0 Å². The molecular weight excluding hydrogens is 275 g/mol. The topological polar surface area (TPSA) is 62.4 Å². The van der Waals surface area contributed by atoms with Crippen LogP contribution < -0.4 is 10.3 Å². The van der Waals surface area contributed by atoms with Gasteiger partial charge in [-0.25, -0.2) is 4.39 Å². The highest BCUT2D eigenvalue weighted by Crippen LogP contribution is 2.23. The zero-order valence-electron chi connectivity index (χ0n) is 11.4. The van der Waals surface area contributed by atoms with Gasteiger partial charge in [-0.05, 0) is 18.6 Å². The monoisotopic (exact) mass is 290 g/mol. The highest BCUT2D eigenvalue weighted by atomic mass is 19.1. The zero-order valence-corrected chi connectivity index (χ0v) is 11.4. The van der Waals surface area contributed by atoms with Crippen LogP contribution in [0.5, 0.6) is 5.75 Å². The Morgan fingerprint density at radius 3 is 2.90 bits per heavy atom. The normalized spacial score (nSPS) is 14.9. The summed E-state index contributed by atoms with van der Waals surface area (Å²) in [5.41, 5.74) is 0.277. The number of hydrogen-bond acceptors (Lipinski definition) is 3. The fraction of sp³-hybridized carbons (Fsp3) is 0.333. The molecule has 6 heteroatoms. The van der Waals surface area contributed by atoms with Gasteiger partial charge in [0.15, 0.2) is 11.6 Å². The number of ether oxygens (including phenoxy) is 1. The molecule has 1 saturated heterocycles. The van der Waals surface area contributed by atoms with Crippen LogP contribution in [0.15, 0.2) is 29.1 Å². The van der Waals surface area contributed by atoms with Gasteiger partial charge in [0.05, 0.1) is 12.1 Å². The number of fused-ring (bicyclic) bond motifs is 1. The predicted molar refractivity (Wildman–Crippen MR) is 75.8 cm³/mol. The summed E-state index contributed by atoms with van der Waals surface area (Å²) in [7, 11) is 0. The van der Waals surface area contributed by atoms with Crippen LogP contribution in [0.4, 0.5) is 4.39 Å². The van der Waals surface area contributed by atoms with Crippen molar-refractivity contribution in [2.45, 2.75) is 12.8 Å². The van der Waals surface area contributed by atoms with Gasteiger partial charge in [0.1, 0.15) is 6.61 Å². The number of benzene rings is 1. The van der Waals surface area contributed by atoms with Gasteiger partial charge >= 0.3 is 0 Å². The van der Waals surface area contributed by atoms with Crippen LogP contribution in [0.25, 0.3) is 10.9 Å². The van der Waals surface area contributed by atoms with Crippen LogP contribution in [0.3, 0.4) is 0 Å². The maximum Gasteiger partial charge on any atom is 0.248 e. The smallest absolute Gasteiger partial charge is 0.248 e. The van der Waals surface area contributed by atoms with Crippen LogP contribution in [-0.2, 0) is 4.79 Å². The number of H-pyrrole nitrogens is 1. The number of amides is 1. The number of carbonyl (C=O) groups excluding carboxylic acids is 1. The van der Waals surface area contributed by atoms with Crippen molar-refractivity contribution in [1.29, 1.82) is 0 Å². The molecule has 0 radical (unpaired) electrons. The van der Waals surface area contributed by atoms with E-state index in [9.17, 15) is 14.0 Å². The summed E-state index contributed by atoms with van der Waals surface area (Å²) in [6.07, 6.45) is 1.44. The number of rotatable bonds is 4. The van der Waals surface area contributed by atoms with E-state index in [2.05, 4.69) is 4.98 Å². The van der Waals surface area contributed by atoms with Gasteiger partial charge in [0.25, 0.3) is 0 Å². The van der Waals surface area contributed by atoms with Crippen molar-refractivity contribution in [2.75, 3.05) is 19.7 Å². The van der Waals surface area contributed by atoms with E-state index in [4.69, 9.17) is 4.74 Å². The summed E-state index contributed by atoms with van der Waals surface area (Å²) in [6, 6.07) is 5.70. The van der Waals surface area contributed by atoms with E-state index in [0.29, 0.717) is 23.9 Å². The fourth-order valence-corrected chi connectivity index (χ4v) is 2.47. The molecule has 2 aromatic rings. The summed E-state index contributed by atoms with van der Waals surface area (Å²) in [6.45, 7) is 1.41. The number of aromatic nitrogens is 1. The molecule has 1 aromatic heterocycles. The Morgan fingerprint density at radius 1 is 1.29 bits per heavy atom. The Bertz CT molecular complexity index is 741. The van der Waals surface area contributed by atoms with E-state index in [1.165, 1.54) is 18.2 Å². The van der Waals surface area contributed by atoms with Crippen LogP contribution in [0.1, 0.15) is 12.8 Å². The lowest BCUT2D eigenvalue weighted by Crippen LogP contribution is -2.29. The highest BCUT2D eigenvalue weighted by Gasteiger charge is 2.19. The number of aromatic amines is 1. The average Bonchev–Trinajstić information content (AvgIpc) is 2.85. The summed E-state index contributed by atoms with van der Waals surface area (Å²) >= 11 is 0. The van der Waals surface area contributed by atoms with Crippen LogP contribution >= 0.6 is 0 Å². The third-order valence-electron chi connectivity index (χ3n) is 3.57. The Morgan fingerprint density at radius 2 is 2.14 bits per heavy atom. The number of halogens is 1. The lowest BCUT2D eigenvalue weighted by molar-refractivity contribution is -0.128. The number of hydrogen-bond donors (Lipinski definition) is 1. The van der Waals surface area contributed by atoms with Crippen molar-refractivity contribution in [3.8, 4) is 5.75 Å². The lowest BCUT2D eigenvalue weighted by atomic mass is 10.2. The number of nitrogens with one attached hydrogen (secondary N) is 1.